The Bertz CT molecular complexity index is 190. The lowest BCUT2D eigenvalue weighted by Gasteiger charge is -2.20. The van der Waals surface area contributed by atoms with E-state index < -0.39 is 11.5 Å². The van der Waals surface area contributed by atoms with Gasteiger partial charge in [0.25, 0.3) is 5.91 Å². The SMILES string of the molecule is CCC(C)(OC)C(=O)N=C=O. The van der Waals surface area contributed by atoms with Gasteiger partial charge < -0.3 is 4.74 Å². The van der Waals surface area contributed by atoms with Crippen LogP contribution in [-0.2, 0) is 14.3 Å². The minimum absolute atomic E-state index is 0.480. The molecular formula is C7H11NO3. The van der Waals surface area contributed by atoms with Gasteiger partial charge in [-0.25, -0.2) is 4.79 Å². The van der Waals surface area contributed by atoms with Crippen molar-refractivity contribution in [2.45, 2.75) is 25.9 Å². The molecule has 0 aliphatic carbocycles. The minimum Gasteiger partial charge on any atom is -0.369 e. The largest absolute Gasteiger partial charge is 0.369 e. The van der Waals surface area contributed by atoms with E-state index in [4.69, 9.17) is 4.74 Å². The van der Waals surface area contributed by atoms with Crippen LogP contribution in [0.5, 0.6) is 0 Å². The normalized spacial score (nSPS) is 14.8. The number of hydrogen-bond acceptors (Lipinski definition) is 3. The highest BCUT2D eigenvalue weighted by atomic mass is 16.5. The Hall–Kier alpha value is -0.990. The summed E-state index contributed by atoms with van der Waals surface area (Å²) in [5.74, 6) is -0.586. The summed E-state index contributed by atoms with van der Waals surface area (Å²) >= 11 is 0. The molecule has 0 rings (SSSR count). The summed E-state index contributed by atoms with van der Waals surface area (Å²) in [7, 11) is 1.40. The molecule has 0 aliphatic rings. The number of carbonyl (C=O) groups excluding carboxylic acids is 2. The zero-order chi connectivity index (χ0) is 8.91. The van der Waals surface area contributed by atoms with E-state index in [-0.39, 0.29) is 0 Å². The molecular weight excluding hydrogens is 146 g/mol. The zero-order valence-corrected chi connectivity index (χ0v) is 6.88. The molecule has 0 saturated heterocycles. The first-order valence-electron chi connectivity index (χ1n) is 3.28. The second-order valence-electron chi connectivity index (χ2n) is 2.30. The Morgan fingerprint density at radius 3 is 2.55 bits per heavy atom. The Balaban J connectivity index is 4.49. The molecule has 0 spiro atoms. The minimum atomic E-state index is -0.975. The molecule has 0 bridgehead atoms. The fourth-order valence-electron chi connectivity index (χ4n) is 0.543. The first-order valence-corrected chi connectivity index (χ1v) is 3.28. The van der Waals surface area contributed by atoms with Gasteiger partial charge in [0.2, 0.25) is 6.08 Å². The van der Waals surface area contributed by atoms with Crippen molar-refractivity contribution in [3.8, 4) is 0 Å². The Kier molecular flexibility index (Phi) is 3.65. The van der Waals surface area contributed by atoms with Crippen molar-refractivity contribution in [3.63, 3.8) is 0 Å². The fourth-order valence-corrected chi connectivity index (χ4v) is 0.543. The van der Waals surface area contributed by atoms with Gasteiger partial charge in [0, 0.05) is 7.11 Å². The van der Waals surface area contributed by atoms with Crippen LogP contribution >= 0.6 is 0 Å². The van der Waals surface area contributed by atoms with E-state index in [0.29, 0.717) is 6.42 Å². The van der Waals surface area contributed by atoms with Gasteiger partial charge in [0.1, 0.15) is 5.60 Å². The highest BCUT2D eigenvalue weighted by molar-refractivity contribution is 5.88. The van der Waals surface area contributed by atoms with Gasteiger partial charge in [-0.3, -0.25) is 4.79 Å². The summed E-state index contributed by atoms with van der Waals surface area (Å²) in [6, 6.07) is 0. The van der Waals surface area contributed by atoms with E-state index in [0.717, 1.165) is 0 Å². The molecule has 0 aromatic carbocycles. The first-order chi connectivity index (χ1) is 5.10. The van der Waals surface area contributed by atoms with E-state index in [1.807, 2.05) is 0 Å². The molecule has 0 N–H and O–H groups in total. The Morgan fingerprint density at radius 2 is 2.27 bits per heavy atom. The van der Waals surface area contributed by atoms with Crippen LogP contribution in [-0.4, -0.2) is 24.7 Å². The second-order valence-corrected chi connectivity index (χ2v) is 2.30. The van der Waals surface area contributed by atoms with Gasteiger partial charge in [-0.1, -0.05) is 6.92 Å². The monoisotopic (exact) mass is 157 g/mol. The van der Waals surface area contributed by atoms with E-state index >= 15 is 0 Å². The lowest BCUT2D eigenvalue weighted by atomic mass is 10.0. The number of isocyanates is 1. The molecule has 0 fully saturated rings. The molecule has 0 radical (unpaired) electrons. The van der Waals surface area contributed by atoms with Crippen molar-refractivity contribution in [1.29, 1.82) is 0 Å². The number of rotatable bonds is 3. The number of amides is 1. The molecule has 0 saturated carbocycles. The molecule has 4 heteroatoms. The summed E-state index contributed by atoms with van der Waals surface area (Å²) in [4.78, 5) is 23.7. The van der Waals surface area contributed by atoms with Crippen LogP contribution in [0.4, 0.5) is 0 Å². The van der Waals surface area contributed by atoms with Crippen LogP contribution in [0.2, 0.25) is 0 Å². The summed E-state index contributed by atoms with van der Waals surface area (Å²) in [6.07, 6.45) is 1.67. The van der Waals surface area contributed by atoms with Gasteiger partial charge in [-0.15, -0.1) is 4.99 Å². The average Bonchev–Trinajstić information content (AvgIpc) is 2.03. The van der Waals surface area contributed by atoms with Gasteiger partial charge in [-0.2, -0.15) is 0 Å². The highest BCUT2D eigenvalue weighted by Crippen LogP contribution is 2.15. The second kappa shape index (κ2) is 4.01. The van der Waals surface area contributed by atoms with E-state index in [9.17, 15) is 9.59 Å². The molecule has 0 aromatic rings. The molecule has 1 amide bonds. The van der Waals surface area contributed by atoms with Crippen LogP contribution < -0.4 is 0 Å². The Morgan fingerprint density at radius 1 is 1.73 bits per heavy atom. The molecule has 62 valence electrons. The number of aliphatic imine (C=N–C) groups is 1. The van der Waals surface area contributed by atoms with Crippen LogP contribution in [0, 0.1) is 0 Å². The van der Waals surface area contributed by atoms with Gasteiger partial charge >= 0.3 is 0 Å². The third-order valence-electron chi connectivity index (χ3n) is 1.72. The van der Waals surface area contributed by atoms with Crippen LogP contribution in [0.15, 0.2) is 4.99 Å². The standard InChI is InChI=1S/C7H11NO3/c1-4-7(2,11-3)6(10)8-5-9/h4H2,1-3H3. The lowest BCUT2D eigenvalue weighted by molar-refractivity contribution is -0.137. The average molecular weight is 157 g/mol. The van der Waals surface area contributed by atoms with Crippen LogP contribution in [0.1, 0.15) is 20.3 Å². The number of methoxy groups -OCH3 is 1. The summed E-state index contributed by atoms with van der Waals surface area (Å²) in [5.41, 5.74) is -0.975. The molecule has 11 heavy (non-hydrogen) atoms. The van der Waals surface area contributed by atoms with Crippen molar-refractivity contribution in [1.82, 2.24) is 0 Å². The number of carbonyl (C=O) groups is 1. The maximum Gasteiger partial charge on any atom is 0.288 e. The first kappa shape index (κ1) is 10.0. The fraction of sp³-hybridized carbons (Fsp3) is 0.714. The molecule has 4 nitrogen and oxygen atoms in total. The number of nitrogens with zero attached hydrogens (tertiary/aromatic N) is 1. The summed E-state index contributed by atoms with van der Waals surface area (Å²) < 4.78 is 4.88. The van der Waals surface area contributed by atoms with E-state index in [1.54, 1.807) is 13.8 Å². The molecule has 0 aromatic heterocycles. The smallest absolute Gasteiger partial charge is 0.288 e. The van der Waals surface area contributed by atoms with E-state index in [1.165, 1.54) is 13.2 Å². The highest BCUT2D eigenvalue weighted by Gasteiger charge is 2.30. The summed E-state index contributed by atoms with van der Waals surface area (Å²) in [6.45, 7) is 3.36. The van der Waals surface area contributed by atoms with Gasteiger partial charge in [0.05, 0.1) is 0 Å². The van der Waals surface area contributed by atoms with Crippen molar-refractivity contribution < 1.29 is 14.3 Å². The summed E-state index contributed by atoms with van der Waals surface area (Å²) in [5, 5.41) is 0. The molecule has 0 heterocycles. The molecule has 1 atom stereocenters. The lowest BCUT2D eigenvalue weighted by Crippen LogP contribution is -2.35. The number of ether oxygens (including phenoxy) is 1. The van der Waals surface area contributed by atoms with Gasteiger partial charge in [-0.05, 0) is 13.3 Å². The third-order valence-corrected chi connectivity index (χ3v) is 1.72. The zero-order valence-electron chi connectivity index (χ0n) is 6.88. The van der Waals surface area contributed by atoms with Crippen molar-refractivity contribution in [2.24, 2.45) is 4.99 Å². The van der Waals surface area contributed by atoms with E-state index in [2.05, 4.69) is 4.99 Å². The maximum absolute atomic E-state index is 11.0. The van der Waals surface area contributed by atoms with Crippen molar-refractivity contribution in [3.05, 3.63) is 0 Å². The Labute approximate surface area is 65.3 Å². The number of hydrogen-bond donors (Lipinski definition) is 0. The maximum atomic E-state index is 11.0. The predicted molar refractivity (Wildman–Crippen MR) is 38.8 cm³/mol. The van der Waals surface area contributed by atoms with Crippen LogP contribution in [0.25, 0.3) is 0 Å². The third kappa shape index (κ3) is 2.26. The molecule has 1 unspecified atom stereocenters. The van der Waals surface area contributed by atoms with Crippen molar-refractivity contribution >= 4 is 12.0 Å². The predicted octanol–water partition coefficient (Wildman–Crippen LogP) is 0.664. The molecule has 0 aliphatic heterocycles. The van der Waals surface area contributed by atoms with Gasteiger partial charge in [0.15, 0.2) is 0 Å². The van der Waals surface area contributed by atoms with Crippen LogP contribution in [0.3, 0.4) is 0 Å². The van der Waals surface area contributed by atoms with Crippen molar-refractivity contribution in [2.75, 3.05) is 7.11 Å². The topological polar surface area (TPSA) is 55.7 Å². The quantitative estimate of drug-likeness (QED) is 0.446.